The first kappa shape index (κ1) is 16.2. The smallest absolute Gasteiger partial charge is 0.0717 e. The maximum absolute atomic E-state index is 9.76. The van der Waals surface area contributed by atoms with E-state index in [9.17, 15) is 10.2 Å². The Hall–Kier alpha value is -1.20. The van der Waals surface area contributed by atoms with Crippen molar-refractivity contribution in [2.45, 2.75) is 12.0 Å². The van der Waals surface area contributed by atoms with E-state index in [0.29, 0.717) is 6.61 Å². The third kappa shape index (κ3) is 4.14. The Balaban J connectivity index is 2.08. The maximum atomic E-state index is 9.76. The Kier molecular flexibility index (Phi) is 5.94. The number of ether oxygens (including phenoxy) is 1. The van der Waals surface area contributed by atoms with Crippen molar-refractivity contribution < 1.29 is 14.9 Å². The average molecular weight is 351 g/mol. The van der Waals surface area contributed by atoms with E-state index < -0.39 is 5.41 Å². The molecule has 3 nitrogen and oxygen atoms in total. The number of benzene rings is 2. The molecule has 0 amide bonds. The van der Waals surface area contributed by atoms with E-state index in [-0.39, 0.29) is 19.8 Å². The van der Waals surface area contributed by atoms with Crippen LogP contribution in [0.1, 0.15) is 11.1 Å². The Morgan fingerprint density at radius 1 is 0.952 bits per heavy atom. The molecule has 0 radical (unpaired) electrons. The van der Waals surface area contributed by atoms with Crippen LogP contribution in [-0.4, -0.2) is 30.0 Å². The third-order valence-corrected chi connectivity index (χ3v) is 4.03. The lowest BCUT2D eigenvalue weighted by Gasteiger charge is -2.30. The van der Waals surface area contributed by atoms with Crippen LogP contribution in [0.4, 0.5) is 0 Å². The molecule has 2 N–H and O–H groups in total. The van der Waals surface area contributed by atoms with Crippen LogP contribution >= 0.6 is 15.9 Å². The van der Waals surface area contributed by atoms with Gasteiger partial charge in [0.05, 0.1) is 31.8 Å². The Bertz CT molecular complexity index is 553. The van der Waals surface area contributed by atoms with E-state index in [1.165, 1.54) is 0 Å². The van der Waals surface area contributed by atoms with Crippen LogP contribution in [0, 0.1) is 0 Å². The second kappa shape index (κ2) is 7.71. The van der Waals surface area contributed by atoms with Gasteiger partial charge in [0, 0.05) is 4.47 Å². The van der Waals surface area contributed by atoms with Gasteiger partial charge in [-0.3, -0.25) is 0 Å². The third-order valence-electron chi connectivity index (χ3n) is 3.53. The minimum absolute atomic E-state index is 0.172. The zero-order valence-electron chi connectivity index (χ0n) is 11.7. The van der Waals surface area contributed by atoms with Crippen molar-refractivity contribution in [3.8, 4) is 0 Å². The molecule has 0 fully saturated rings. The molecular weight excluding hydrogens is 332 g/mol. The SMILES string of the molecule is OCC(CO)(COCc1ccccc1)c1cccc(Br)c1. The highest BCUT2D eigenvalue weighted by Gasteiger charge is 2.31. The van der Waals surface area contributed by atoms with Crippen molar-refractivity contribution in [2.75, 3.05) is 19.8 Å². The minimum atomic E-state index is -0.793. The quantitative estimate of drug-likeness (QED) is 0.807. The Morgan fingerprint density at radius 2 is 1.67 bits per heavy atom. The summed E-state index contributed by atoms with van der Waals surface area (Å²) in [7, 11) is 0. The number of aliphatic hydroxyl groups is 2. The second-order valence-corrected chi connectivity index (χ2v) is 6.00. The molecule has 4 heteroatoms. The van der Waals surface area contributed by atoms with Crippen molar-refractivity contribution in [1.82, 2.24) is 0 Å². The van der Waals surface area contributed by atoms with Crippen LogP contribution in [-0.2, 0) is 16.8 Å². The summed E-state index contributed by atoms with van der Waals surface area (Å²) in [5, 5.41) is 19.5. The van der Waals surface area contributed by atoms with Crippen LogP contribution in [0.5, 0.6) is 0 Å². The van der Waals surface area contributed by atoms with Gasteiger partial charge in [-0.15, -0.1) is 0 Å². The molecule has 2 aromatic rings. The Labute approximate surface area is 133 Å². The van der Waals surface area contributed by atoms with Gasteiger partial charge in [0.15, 0.2) is 0 Å². The molecule has 0 aliphatic rings. The molecule has 2 aromatic carbocycles. The van der Waals surface area contributed by atoms with Gasteiger partial charge in [-0.2, -0.15) is 0 Å². The van der Waals surface area contributed by atoms with E-state index in [1.54, 1.807) is 0 Å². The fourth-order valence-corrected chi connectivity index (χ4v) is 2.56. The lowest BCUT2D eigenvalue weighted by molar-refractivity contribution is 0.0130. The highest BCUT2D eigenvalue weighted by atomic mass is 79.9. The molecule has 0 unspecified atom stereocenters. The van der Waals surface area contributed by atoms with Gasteiger partial charge in [-0.1, -0.05) is 58.4 Å². The summed E-state index contributed by atoms with van der Waals surface area (Å²) in [6.45, 7) is 0.366. The summed E-state index contributed by atoms with van der Waals surface area (Å²) in [5.41, 5.74) is 1.13. The van der Waals surface area contributed by atoms with Crippen LogP contribution in [0.3, 0.4) is 0 Å². The van der Waals surface area contributed by atoms with E-state index in [2.05, 4.69) is 15.9 Å². The van der Waals surface area contributed by atoms with Gasteiger partial charge < -0.3 is 14.9 Å². The molecule has 2 rings (SSSR count). The van der Waals surface area contributed by atoms with Crippen LogP contribution in [0.25, 0.3) is 0 Å². The number of hydrogen-bond acceptors (Lipinski definition) is 3. The molecular formula is C17H19BrO3. The zero-order chi connectivity index (χ0) is 15.1. The molecule has 0 atom stereocenters. The van der Waals surface area contributed by atoms with Crippen LogP contribution in [0.2, 0.25) is 0 Å². The fourth-order valence-electron chi connectivity index (χ4n) is 2.16. The predicted molar refractivity (Wildman–Crippen MR) is 86.1 cm³/mol. The van der Waals surface area contributed by atoms with Crippen LogP contribution < -0.4 is 0 Å². The van der Waals surface area contributed by atoms with Gasteiger partial charge in [0.1, 0.15) is 0 Å². The normalized spacial score (nSPS) is 11.6. The summed E-state index contributed by atoms with van der Waals surface area (Å²) >= 11 is 3.41. The summed E-state index contributed by atoms with van der Waals surface area (Å²) in [6, 6.07) is 17.4. The molecule has 0 aromatic heterocycles. The first-order valence-electron chi connectivity index (χ1n) is 6.80. The Morgan fingerprint density at radius 3 is 2.29 bits per heavy atom. The van der Waals surface area contributed by atoms with Gasteiger partial charge in [-0.25, -0.2) is 0 Å². The summed E-state index contributed by atoms with van der Waals surface area (Å²) in [6.07, 6.45) is 0. The molecule has 21 heavy (non-hydrogen) atoms. The molecule has 0 spiro atoms. The molecule has 0 saturated carbocycles. The van der Waals surface area contributed by atoms with E-state index in [1.807, 2.05) is 54.6 Å². The van der Waals surface area contributed by atoms with Gasteiger partial charge in [0.25, 0.3) is 0 Å². The molecule has 0 saturated heterocycles. The summed E-state index contributed by atoms with van der Waals surface area (Å²) in [5.74, 6) is 0. The van der Waals surface area contributed by atoms with Crippen molar-refractivity contribution in [1.29, 1.82) is 0 Å². The zero-order valence-corrected chi connectivity index (χ0v) is 13.3. The fraction of sp³-hybridized carbons (Fsp3) is 0.294. The lowest BCUT2D eigenvalue weighted by atomic mass is 9.83. The summed E-state index contributed by atoms with van der Waals surface area (Å²) < 4.78 is 6.64. The van der Waals surface area contributed by atoms with E-state index in [4.69, 9.17) is 4.74 Å². The molecule has 0 heterocycles. The van der Waals surface area contributed by atoms with Crippen molar-refractivity contribution in [2.24, 2.45) is 0 Å². The first-order chi connectivity index (χ1) is 10.2. The monoisotopic (exact) mass is 350 g/mol. The first-order valence-corrected chi connectivity index (χ1v) is 7.59. The molecule has 0 bridgehead atoms. The minimum Gasteiger partial charge on any atom is -0.395 e. The second-order valence-electron chi connectivity index (χ2n) is 5.09. The summed E-state index contributed by atoms with van der Waals surface area (Å²) in [4.78, 5) is 0. The largest absolute Gasteiger partial charge is 0.395 e. The van der Waals surface area contributed by atoms with Crippen molar-refractivity contribution in [3.63, 3.8) is 0 Å². The van der Waals surface area contributed by atoms with Crippen LogP contribution in [0.15, 0.2) is 59.1 Å². The van der Waals surface area contributed by atoms with E-state index in [0.717, 1.165) is 15.6 Å². The molecule has 112 valence electrons. The highest BCUT2D eigenvalue weighted by Crippen LogP contribution is 2.27. The van der Waals surface area contributed by atoms with Crippen molar-refractivity contribution in [3.05, 3.63) is 70.2 Å². The topological polar surface area (TPSA) is 49.7 Å². The van der Waals surface area contributed by atoms with Crippen molar-refractivity contribution >= 4 is 15.9 Å². The maximum Gasteiger partial charge on any atom is 0.0717 e. The predicted octanol–water partition coefficient (Wildman–Crippen LogP) is 2.89. The molecule has 0 aliphatic carbocycles. The standard InChI is InChI=1S/C17H19BrO3/c18-16-8-4-7-15(9-16)17(11-19,12-20)13-21-10-14-5-2-1-3-6-14/h1-9,19-20H,10-13H2. The van der Waals surface area contributed by atoms with Gasteiger partial charge in [0.2, 0.25) is 0 Å². The van der Waals surface area contributed by atoms with E-state index >= 15 is 0 Å². The number of halogens is 1. The number of hydrogen-bond donors (Lipinski definition) is 2. The number of aliphatic hydroxyl groups excluding tert-OH is 2. The molecule has 0 aliphatic heterocycles. The number of rotatable bonds is 7. The van der Waals surface area contributed by atoms with Gasteiger partial charge >= 0.3 is 0 Å². The highest BCUT2D eigenvalue weighted by molar-refractivity contribution is 9.10. The van der Waals surface area contributed by atoms with Gasteiger partial charge in [-0.05, 0) is 23.3 Å². The average Bonchev–Trinajstić information content (AvgIpc) is 2.53. The lowest BCUT2D eigenvalue weighted by Crippen LogP contribution is -2.39.